The van der Waals surface area contributed by atoms with Crippen LogP contribution in [0.15, 0.2) is 68.7 Å². The quantitative estimate of drug-likeness (QED) is 0.302. The van der Waals surface area contributed by atoms with E-state index in [4.69, 9.17) is 9.51 Å². The molecule has 3 aromatic heterocycles. The van der Waals surface area contributed by atoms with Gasteiger partial charge in [0, 0.05) is 30.3 Å². The molecule has 5 rings (SSSR count). The molecule has 0 atom stereocenters. The Bertz CT molecular complexity index is 1700. The second-order valence-electron chi connectivity index (χ2n) is 9.84. The molecule has 0 aliphatic heterocycles. The molecule has 0 unspecified atom stereocenters. The largest absolute Gasteiger partial charge is 0.439 e. The van der Waals surface area contributed by atoms with E-state index in [1.165, 1.54) is 0 Å². The molecular weight excluding hydrogens is 492 g/mol. The van der Waals surface area contributed by atoms with Gasteiger partial charge in [0.25, 0.3) is 5.56 Å². The summed E-state index contributed by atoms with van der Waals surface area (Å²) in [6.07, 6.45) is 3.27. The van der Waals surface area contributed by atoms with Crippen LogP contribution in [-0.4, -0.2) is 29.5 Å². The third-order valence-corrected chi connectivity index (χ3v) is 7.06. The number of nitrogens with one attached hydrogen (secondary N) is 1. The average Bonchev–Trinajstić information content (AvgIpc) is 3.51. The van der Waals surface area contributed by atoms with Crippen molar-refractivity contribution in [2.24, 2.45) is 7.05 Å². The first-order chi connectivity index (χ1) is 18.8. The fraction of sp³-hybridized carbons (Fsp3) is 0.300. The van der Waals surface area contributed by atoms with E-state index in [1.54, 1.807) is 4.57 Å². The van der Waals surface area contributed by atoms with Crippen LogP contribution in [0.1, 0.15) is 53.8 Å². The molecule has 0 aliphatic rings. The monoisotopic (exact) mass is 524 g/mol. The molecule has 5 aromatic rings. The summed E-state index contributed by atoms with van der Waals surface area (Å²) in [7, 11) is 1.90. The normalized spacial score (nSPS) is 11.3. The lowest BCUT2D eigenvalue weighted by atomic mass is 9.96. The number of benzene rings is 2. The zero-order chi connectivity index (χ0) is 27.5. The summed E-state index contributed by atoms with van der Waals surface area (Å²) in [5.74, 6) is 0.496. The summed E-state index contributed by atoms with van der Waals surface area (Å²) >= 11 is 0. The number of nitrogens with zero attached hydrogens (tertiary/aromatic N) is 5. The Labute approximate surface area is 226 Å². The van der Waals surface area contributed by atoms with Gasteiger partial charge in [0.2, 0.25) is 0 Å². The molecule has 0 radical (unpaired) electrons. The smallest absolute Gasteiger partial charge is 0.296 e. The van der Waals surface area contributed by atoms with Crippen molar-refractivity contribution in [3.05, 3.63) is 110 Å². The van der Waals surface area contributed by atoms with Crippen LogP contribution in [0.25, 0.3) is 22.5 Å². The molecule has 1 N–H and O–H groups in total. The zero-order valence-electron chi connectivity index (χ0n) is 22.7. The first kappa shape index (κ1) is 26.1. The lowest BCUT2D eigenvalue weighted by Crippen LogP contribution is -2.30. The molecule has 9 heteroatoms. The maximum atomic E-state index is 13.8. The summed E-state index contributed by atoms with van der Waals surface area (Å²) < 4.78 is 8.26. The predicted molar refractivity (Wildman–Crippen MR) is 150 cm³/mol. The lowest BCUT2D eigenvalue weighted by Gasteiger charge is -2.15. The van der Waals surface area contributed by atoms with E-state index >= 15 is 0 Å². The minimum absolute atomic E-state index is 0.0127. The zero-order valence-corrected chi connectivity index (χ0v) is 22.7. The van der Waals surface area contributed by atoms with Crippen molar-refractivity contribution in [3.63, 3.8) is 0 Å². The Morgan fingerprint density at radius 2 is 1.74 bits per heavy atom. The van der Waals surface area contributed by atoms with Crippen LogP contribution in [0.5, 0.6) is 0 Å². The second-order valence-corrected chi connectivity index (χ2v) is 9.84. The number of aromatic amines is 1. The molecule has 0 saturated heterocycles. The van der Waals surface area contributed by atoms with Crippen LogP contribution in [0, 0.1) is 13.8 Å². The fourth-order valence-electron chi connectivity index (χ4n) is 4.84. The van der Waals surface area contributed by atoms with Gasteiger partial charge in [-0.2, -0.15) is 5.10 Å². The van der Waals surface area contributed by atoms with Gasteiger partial charge in [-0.1, -0.05) is 67.0 Å². The van der Waals surface area contributed by atoms with E-state index in [2.05, 4.69) is 22.2 Å². The van der Waals surface area contributed by atoms with E-state index in [1.807, 2.05) is 80.2 Å². The average molecular weight is 525 g/mol. The van der Waals surface area contributed by atoms with Gasteiger partial charge in [-0.3, -0.25) is 23.6 Å². The Kier molecular flexibility index (Phi) is 7.40. The van der Waals surface area contributed by atoms with Gasteiger partial charge in [0.15, 0.2) is 5.82 Å². The molecule has 0 aliphatic carbocycles. The topological polar surface area (TPSA) is 112 Å². The molecular formula is C30H32N6O3. The summed E-state index contributed by atoms with van der Waals surface area (Å²) in [6, 6.07) is 17.8. The van der Waals surface area contributed by atoms with Crippen molar-refractivity contribution < 1.29 is 4.52 Å². The highest BCUT2D eigenvalue weighted by Crippen LogP contribution is 2.30. The molecule has 0 saturated carbocycles. The van der Waals surface area contributed by atoms with Crippen LogP contribution < -0.4 is 11.3 Å². The van der Waals surface area contributed by atoms with Crippen molar-refractivity contribution >= 4 is 0 Å². The highest BCUT2D eigenvalue weighted by atomic mass is 16.5. The third kappa shape index (κ3) is 5.52. The van der Waals surface area contributed by atoms with Crippen LogP contribution in [0.3, 0.4) is 0 Å². The number of aromatic nitrogens is 6. The molecule has 0 spiro atoms. The lowest BCUT2D eigenvalue weighted by molar-refractivity contribution is 0.388. The van der Waals surface area contributed by atoms with E-state index in [0.717, 1.165) is 64.2 Å². The Balaban J connectivity index is 1.48. The number of H-pyrrole nitrogens is 1. The van der Waals surface area contributed by atoms with Gasteiger partial charge >= 0.3 is 5.76 Å². The maximum Gasteiger partial charge on any atom is 0.439 e. The van der Waals surface area contributed by atoms with Gasteiger partial charge in [-0.25, -0.2) is 9.78 Å². The van der Waals surface area contributed by atoms with Gasteiger partial charge in [0.05, 0.1) is 17.9 Å². The highest BCUT2D eigenvalue weighted by molar-refractivity contribution is 5.80. The van der Waals surface area contributed by atoms with Crippen LogP contribution in [-0.2, 0) is 26.4 Å². The number of unbranched alkanes of at least 4 members (excludes halogenated alkanes) is 1. The van der Waals surface area contributed by atoms with Gasteiger partial charge in [0.1, 0.15) is 5.82 Å². The van der Waals surface area contributed by atoms with Crippen molar-refractivity contribution in [1.29, 1.82) is 0 Å². The Hall–Kier alpha value is -4.53. The molecule has 0 bridgehead atoms. The predicted octanol–water partition coefficient (Wildman–Crippen LogP) is 4.59. The molecule has 3 heterocycles. The second kappa shape index (κ2) is 11.1. The van der Waals surface area contributed by atoms with Gasteiger partial charge < -0.3 is 0 Å². The van der Waals surface area contributed by atoms with Crippen LogP contribution in [0.4, 0.5) is 0 Å². The molecule has 0 fully saturated rings. The Morgan fingerprint density at radius 1 is 1.00 bits per heavy atom. The number of rotatable bonds is 9. The van der Waals surface area contributed by atoms with Crippen molar-refractivity contribution in [1.82, 2.24) is 29.5 Å². The van der Waals surface area contributed by atoms with E-state index in [9.17, 15) is 9.59 Å². The van der Waals surface area contributed by atoms with Crippen LogP contribution >= 0.6 is 0 Å². The minimum Gasteiger partial charge on any atom is -0.296 e. The molecule has 2 aromatic carbocycles. The Morgan fingerprint density at radius 3 is 2.38 bits per heavy atom. The standard InChI is InChI=1S/C30H32N6O3/c1-5-6-11-27-26(29(37)36(20(3)31-27)18-23-16-19(2)35(4)33-23)17-21-12-14-22(15-13-21)24-9-7-8-10-25(24)28-32-30(38)39-34-28/h7-10,12-16H,5-6,11,17-18H2,1-4H3,(H,32,34,38). The number of hydrogen-bond donors (Lipinski definition) is 1. The third-order valence-electron chi connectivity index (χ3n) is 7.06. The summed E-state index contributed by atoms with van der Waals surface area (Å²) in [5, 5.41) is 8.39. The van der Waals surface area contributed by atoms with Crippen molar-refractivity contribution in [3.8, 4) is 22.5 Å². The minimum atomic E-state index is -0.593. The molecule has 9 nitrogen and oxygen atoms in total. The molecule has 200 valence electrons. The van der Waals surface area contributed by atoms with E-state index < -0.39 is 5.76 Å². The summed E-state index contributed by atoms with van der Waals surface area (Å²) in [4.78, 5) is 32.8. The van der Waals surface area contributed by atoms with Gasteiger partial charge in [-0.15, -0.1) is 0 Å². The van der Waals surface area contributed by atoms with E-state index in [0.29, 0.717) is 24.6 Å². The first-order valence-corrected chi connectivity index (χ1v) is 13.2. The summed E-state index contributed by atoms with van der Waals surface area (Å²) in [5.41, 5.74) is 7.15. The SMILES string of the molecule is CCCCc1nc(C)n(Cc2cc(C)n(C)n2)c(=O)c1Cc1ccc(-c2ccccc2-c2noc(=O)[nH]2)cc1. The van der Waals surface area contributed by atoms with Crippen molar-refractivity contribution in [2.75, 3.05) is 0 Å². The summed E-state index contributed by atoms with van der Waals surface area (Å²) in [6.45, 7) is 6.42. The molecule has 0 amide bonds. The van der Waals surface area contributed by atoms with Gasteiger partial charge in [-0.05, 0) is 49.4 Å². The van der Waals surface area contributed by atoms with E-state index in [-0.39, 0.29) is 5.56 Å². The fourth-order valence-corrected chi connectivity index (χ4v) is 4.84. The van der Waals surface area contributed by atoms with Crippen molar-refractivity contribution in [2.45, 2.75) is 53.0 Å². The number of aryl methyl sites for hydroxylation is 4. The van der Waals surface area contributed by atoms with Crippen LogP contribution in [0.2, 0.25) is 0 Å². The number of hydrogen-bond acceptors (Lipinski definition) is 6. The highest BCUT2D eigenvalue weighted by Gasteiger charge is 2.17. The first-order valence-electron chi connectivity index (χ1n) is 13.2. The molecule has 39 heavy (non-hydrogen) atoms. The maximum absolute atomic E-state index is 13.8.